The van der Waals surface area contributed by atoms with Crippen LogP contribution in [-0.4, -0.2) is 64.7 Å². The number of aliphatic carboxylic acids is 1. The van der Waals surface area contributed by atoms with E-state index in [0.717, 1.165) is 5.56 Å². The number of hydrogen-bond donors (Lipinski definition) is 6. The fourth-order valence-corrected chi connectivity index (χ4v) is 3.27. The predicted octanol–water partition coefficient (Wildman–Crippen LogP) is 0.180. The zero-order valence-electron chi connectivity index (χ0n) is 20.3. The Morgan fingerprint density at radius 2 is 1.41 bits per heavy atom. The Morgan fingerprint density at radius 3 is 1.91 bits per heavy atom. The van der Waals surface area contributed by atoms with Crippen molar-refractivity contribution in [1.82, 2.24) is 16.0 Å². The minimum Gasteiger partial charge on any atom is -0.480 e. The zero-order chi connectivity index (χ0) is 25.8. The van der Waals surface area contributed by atoms with Crippen molar-refractivity contribution in [2.75, 3.05) is 6.61 Å². The molecule has 190 valence electrons. The highest BCUT2D eigenvalue weighted by Crippen LogP contribution is 2.10. The van der Waals surface area contributed by atoms with Gasteiger partial charge >= 0.3 is 5.97 Å². The Bertz CT molecular complexity index is 817. The number of carboxylic acid groups (broad SMARTS) is 1. The Hall–Kier alpha value is -2.98. The average Bonchev–Trinajstić information content (AvgIpc) is 2.80. The van der Waals surface area contributed by atoms with Gasteiger partial charge in [-0.15, -0.1) is 0 Å². The molecule has 7 N–H and O–H groups in total. The van der Waals surface area contributed by atoms with Crippen molar-refractivity contribution in [2.24, 2.45) is 17.6 Å². The first-order chi connectivity index (χ1) is 16.0. The molecule has 0 saturated carbocycles. The molecule has 0 radical (unpaired) electrons. The van der Waals surface area contributed by atoms with Gasteiger partial charge in [-0.1, -0.05) is 64.4 Å². The molecule has 5 unspecified atom stereocenters. The first-order valence-electron chi connectivity index (χ1n) is 11.5. The summed E-state index contributed by atoms with van der Waals surface area (Å²) in [6, 6.07) is 4.55. The van der Waals surface area contributed by atoms with E-state index in [1.54, 1.807) is 30.3 Å². The van der Waals surface area contributed by atoms with Crippen molar-refractivity contribution in [3.63, 3.8) is 0 Å². The summed E-state index contributed by atoms with van der Waals surface area (Å²) in [6.07, 6.45) is 1.11. The van der Waals surface area contributed by atoms with Crippen LogP contribution in [0.1, 0.15) is 46.1 Å². The lowest BCUT2D eigenvalue weighted by Crippen LogP contribution is -2.58. The van der Waals surface area contributed by atoms with Gasteiger partial charge in [-0.05, 0) is 23.8 Å². The molecule has 5 atom stereocenters. The second-order valence-corrected chi connectivity index (χ2v) is 8.93. The Kier molecular flexibility index (Phi) is 12.2. The van der Waals surface area contributed by atoms with Crippen LogP contribution >= 0.6 is 0 Å². The second kappa shape index (κ2) is 14.3. The molecule has 0 aliphatic rings. The molecule has 0 aliphatic heterocycles. The van der Waals surface area contributed by atoms with Crippen molar-refractivity contribution in [2.45, 2.75) is 71.1 Å². The predicted molar refractivity (Wildman–Crippen MR) is 128 cm³/mol. The topological polar surface area (TPSA) is 171 Å². The summed E-state index contributed by atoms with van der Waals surface area (Å²) < 4.78 is 0. The maximum Gasteiger partial charge on any atom is 0.328 e. The lowest BCUT2D eigenvalue weighted by Gasteiger charge is -2.27. The number of carboxylic acids is 1. The first kappa shape index (κ1) is 29.1. The maximum atomic E-state index is 13.2. The van der Waals surface area contributed by atoms with Crippen molar-refractivity contribution < 1.29 is 29.4 Å². The smallest absolute Gasteiger partial charge is 0.328 e. The second-order valence-electron chi connectivity index (χ2n) is 8.93. The normalized spacial score (nSPS) is 15.5. The summed E-state index contributed by atoms with van der Waals surface area (Å²) in [5, 5.41) is 26.0. The van der Waals surface area contributed by atoms with E-state index < -0.39 is 54.5 Å². The number of benzene rings is 1. The number of aliphatic hydroxyl groups excluding tert-OH is 1. The number of hydrogen-bond acceptors (Lipinski definition) is 6. The number of nitrogens with one attached hydrogen (secondary N) is 3. The number of nitrogens with two attached hydrogens (primary N) is 1. The fraction of sp³-hybridized carbons (Fsp3) is 0.583. The van der Waals surface area contributed by atoms with Gasteiger partial charge in [0.1, 0.15) is 18.1 Å². The fourth-order valence-electron chi connectivity index (χ4n) is 3.27. The number of amides is 3. The number of aliphatic hydroxyl groups is 1. The quantitative estimate of drug-likeness (QED) is 0.221. The van der Waals surface area contributed by atoms with Gasteiger partial charge in [-0.2, -0.15) is 0 Å². The van der Waals surface area contributed by atoms with Gasteiger partial charge in [0.25, 0.3) is 0 Å². The number of rotatable bonds is 14. The van der Waals surface area contributed by atoms with E-state index >= 15 is 0 Å². The van der Waals surface area contributed by atoms with Crippen LogP contribution in [0.25, 0.3) is 0 Å². The highest BCUT2D eigenvalue weighted by molar-refractivity contribution is 5.94. The van der Waals surface area contributed by atoms with Crippen molar-refractivity contribution >= 4 is 23.7 Å². The molecule has 0 bridgehead atoms. The molecule has 1 aromatic rings. The third-order valence-electron chi connectivity index (χ3n) is 5.61. The summed E-state index contributed by atoms with van der Waals surface area (Å²) in [7, 11) is 0. The number of carbonyl (C=O) groups excluding carboxylic acids is 3. The Balaban J connectivity index is 3.09. The summed E-state index contributed by atoms with van der Waals surface area (Å²) in [5.41, 5.74) is 6.75. The molecule has 0 aliphatic carbocycles. The SMILES string of the molecule is CCC(C)C(N)C(=O)NC(CC(C)C)C(=O)NC(Cc1ccccc1)C(=O)NC(CO)C(=O)O. The highest BCUT2D eigenvalue weighted by Gasteiger charge is 2.31. The third kappa shape index (κ3) is 9.48. The Morgan fingerprint density at radius 1 is 0.882 bits per heavy atom. The lowest BCUT2D eigenvalue weighted by atomic mass is 9.97. The molecule has 0 aromatic heterocycles. The van der Waals surface area contributed by atoms with E-state index in [1.165, 1.54) is 0 Å². The third-order valence-corrected chi connectivity index (χ3v) is 5.61. The highest BCUT2D eigenvalue weighted by atomic mass is 16.4. The van der Waals surface area contributed by atoms with Gasteiger partial charge in [-0.3, -0.25) is 14.4 Å². The van der Waals surface area contributed by atoms with Crippen LogP contribution in [0.4, 0.5) is 0 Å². The van der Waals surface area contributed by atoms with Gasteiger partial charge < -0.3 is 31.9 Å². The molecule has 0 heterocycles. The van der Waals surface area contributed by atoms with Gasteiger partial charge in [0.15, 0.2) is 0 Å². The van der Waals surface area contributed by atoms with E-state index in [1.807, 2.05) is 27.7 Å². The van der Waals surface area contributed by atoms with Crippen molar-refractivity contribution in [3.05, 3.63) is 35.9 Å². The Labute approximate surface area is 200 Å². The van der Waals surface area contributed by atoms with E-state index in [0.29, 0.717) is 12.8 Å². The van der Waals surface area contributed by atoms with Gasteiger partial charge in [-0.25, -0.2) is 4.79 Å². The molecule has 0 fully saturated rings. The largest absolute Gasteiger partial charge is 0.480 e. The van der Waals surface area contributed by atoms with Crippen LogP contribution in [0.15, 0.2) is 30.3 Å². The first-order valence-corrected chi connectivity index (χ1v) is 11.5. The van der Waals surface area contributed by atoms with Crippen LogP contribution in [0, 0.1) is 11.8 Å². The molecule has 0 saturated heterocycles. The molecule has 1 aromatic carbocycles. The minimum atomic E-state index is -1.51. The van der Waals surface area contributed by atoms with Crippen LogP contribution < -0.4 is 21.7 Å². The van der Waals surface area contributed by atoms with Crippen molar-refractivity contribution in [1.29, 1.82) is 0 Å². The van der Waals surface area contributed by atoms with E-state index in [-0.39, 0.29) is 18.3 Å². The minimum absolute atomic E-state index is 0.0584. The van der Waals surface area contributed by atoms with Gasteiger partial charge in [0, 0.05) is 6.42 Å². The molecular weight excluding hydrogens is 440 g/mol. The van der Waals surface area contributed by atoms with E-state index in [4.69, 9.17) is 10.8 Å². The van der Waals surface area contributed by atoms with Crippen LogP contribution in [0.5, 0.6) is 0 Å². The average molecular weight is 479 g/mol. The molecule has 10 nitrogen and oxygen atoms in total. The van der Waals surface area contributed by atoms with Crippen molar-refractivity contribution in [3.8, 4) is 0 Å². The van der Waals surface area contributed by atoms with Crippen LogP contribution in [-0.2, 0) is 25.6 Å². The summed E-state index contributed by atoms with van der Waals surface area (Å²) in [6.45, 7) is 6.76. The molecular formula is C24H38N4O6. The van der Waals surface area contributed by atoms with E-state index in [9.17, 15) is 24.3 Å². The standard InChI is InChI=1S/C24H38N4O6/c1-5-15(4)20(25)23(32)27-17(11-14(2)3)21(30)26-18(12-16-9-7-6-8-10-16)22(31)28-19(13-29)24(33)34/h6-10,14-15,17-20,29H,5,11-13,25H2,1-4H3,(H,26,30)(H,27,32)(H,28,31)(H,33,34). The van der Waals surface area contributed by atoms with Gasteiger partial charge in [0.05, 0.1) is 12.6 Å². The molecule has 34 heavy (non-hydrogen) atoms. The number of carbonyl (C=O) groups is 4. The molecule has 0 spiro atoms. The molecule has 10 heteroatoms. The maximum absolute atomic E-state index is 13.2. The zero-order valence-corrected chi connectivity index (χ0v) is 20.3. The summed E-state index contributed by atoms with van der Waals surface area (Å²) >= 11 is 0. The molecule has 3 amide bonds. The summed E-state index contributed by atoms with van der Waals surface area (Å²) in [4.78, 5) is 49.9. The van der Waals surface area contributed by atoms with Gasteiger partial charge in [0.2, 0.25) is 17.7 Å². The van der Waals surface area contributed by atoms with Crippen LogP contribution in [0.3, 0.4) is 0 Å². The van der Waals surface area contributed by atoms with E-state index in [2.05, 4.69) is 16.0 Å². The summed E-state index contributed by atoms with van der Waals surface area (Å²) in [5.74, 6) is -3.21. The van der Waals surface area contributed by atoms with Crippen LogP contribution in [0.2, 0.25) is 0 Å². The monoisotopic (exact) mass is 478 g/mol. The molecule has 1 rings (SSSR count). The lowest BCUT2D eigenvalue weighted by molar-refractivity contribution is -0.143.